The molecule has 0 bridgehead atoms. The van der Waals surface area contributed by atoms with E-state index in [-0.39, 0.29) is 75.6 Å². The summed E-state index contributed by atoms with van der Waals surface area (Å²) in [5, 5.41) is 22.3. The van der Waals surface area contributed by atoms with E-state index in [1.165, 1.54) is 31.4 Å². The van der Waals surface area contributed by atoms with Gasteiger partial charge in [-0.2, -0.15) is 9.97 Å². The summed E-state index contributed by atoms with van der Waals surface area (Å²) in [5.74, 6) is 0.522. The molecule has 3 atom stereocenters. The number of aromatic hydroxyl groups is 1. The predicted octanol–water partition coefficient (Wildman–Crippen LogP) is 5.48. The Kier molecular flexibility index (Phi) is 8.57. The first kappa shape index (κ1) is 32.6. The third-order valence-electron chi connectivity index (χ3n) is 9.52. The van der Waals surface area contributed by atoms with Crippen LogP contribution >= 0.6 is 0 Å². The van der Waals surface area contributed by atoms with Crippen molar-refractivity contribution in [2.24, 2.45) is 11.3 Å². The number of ether oxygens (including phenoxy) is 2. The Morgan fingerprint density at radius 3 is 2.60 bits per heavy atom. The summed E-state index contributed by atoms with van der Waals surface area (Å²) in [4.78, 5) is 17.7. The van der Waals surface area contributed by atoms with Crippen LogP contribution in [0.5, 0.6) is 17.6 Å². The zero-order valence-electron chi connectivity index (χ0n) is 26.9. The summed E-state index contributed by atoms with van der Waals surface area (Å²) in [6.45, 7) is 5.31. The molecule has 248 valence electrons. The molecule has 0 spiro atoms. The monoisotopic (exact) mass is 649 g/mol. The number of hydrogen-bond acceptors (Lipinski definition) is 9. The molecule has 6 rings (SSSR count). The first-order valence-electron chi connectivity index (χ1n) is 15.6. The Labute approximate surface area is 271 Å². The first-order chi connectivity index (χ1) is 22.4. The molecule has 0 aliphatic carbocycles. The van der Waals surface area contributed by atoms with Gasteiger partial charge in [0, 0.05) is 36.0 Å². The second-order valence-electron chi connectivity index (χ2n) is 13.3. The van der Waals surface area contributed by atoms with Crippen molar-refractivity contribution in [2.75, 3.05) is 58.5 Å². The molecule has 4 heterocycles. The van der Waals surface area contributed by atoms with Gasteiger partial charge < -0.3 is 29.5 Å². The lowest BCUT2D eigenvalue weighted by Crippen LogP contribution is -2.49. The summed E-state index contributed by atoms with van der Waals surface area (Å²) in [7, 11) is 3.34. The maximum atomic E-state index is 17.0. The summed E-state index contributed by atoms with van der Waals surface area (Å²) in [6, 6.07) is 5.14. The highest BCUT2D eigenvalue weighted by Gasteiger charge is 2.40. The molecule has 0 saturated carbocycles. The molecule has 4 aromatic rings. The minimum Gasteiger partial charge on any atom is -0.508 e. The van der Waals surface area contributed by atoms with Crippen LogP contribution in [0.4, 0.5) is 19.0 Å². The van der Waals surface area contributed by atoms with Crippen molar-refractivity contribution >= 4 is 27.5 Å². The molecule has 2 aromatic carbocycles. The van der Waals surface area contributed by atoms with Gasteiger partial charge in [-0.05, 0) is 69.3 Å². The molecule has 2 aromatic heterocycles. The molecule has 2 saturated heterocycles. The number of alkyl halides is 1. The lowest BCUT2D eigenvalue weighted by atomic mass is 9.73. The number of β-amino-alcohol motifs (C(OH)–C–C–N with tert-alkyl or cyclic N) is 1. The lowest BCUT2D eigenvalue weighted by molar-refractivity contribution is 0.000292. The number of halogens is 3. The van der Waals surface area contributed by atoms with Crippen LogP contribution in [0.1, 0.15) is 38.7 Å². The van der Waals surface area contributed by atoms with Gasteiger partial charge in [-0.3, -0.25) is 4.39 Å². The maximum Gasteiger partial charge on any atom is 0.319 e. The van der Waals surface area contributed by atoms with E-state index in [1.54, 1.807) is 6.92 Å². The third-order valence-corrected chi connectivity index (χ3v) is 9.52. The van der Waals surface area contributed by atoms with Gasteiger partial charge in [0.1, 0.15) is 34.0 Å². The van der Waals surface area contributed by atoms with E-state index < -0.39 is 29.3 Å². The Balaban J connectivity index is 1.58. The molecule has 2 aliphatic rings. The number of hydrogen-bond donors (Lipinski definition) is 2. The van der Waals surface area contributed by atoms with E-state index in [0.29, 0.717) is 37.7 Å². The SMILES string of the molecule is C#Cc1c(F)ccc2cc(O)cc(-c3nc(OC)c4c(N5CCC[C@@](C)(O)C5)nc(OC[C@]5(C)CN(C)CC[C@@H]5CF)nc4c3F)c12. The topological polar surface area (TPSA) is 104 Å². The highest BCUT2D eigenvalue weighted by Crippen LogP contribution is 2.43. The number of terminal acetylenes is 1. The van der Waals surface area contributed by atoms with Gasteiger partial charge in [0.25, 0.3) is 0 Å². The molecule has 0 radical (unpaired) electrons. The van der Waals surface area contributed by atoms with Crippen molar-refractivity contribution in [3.63, 3.8) is 0 Å². The number of likely N-dealkylation sites (tertiary alicyclic amines) is 1. The van der Waals surface area contributed by atoms with E-state index >= 15 is 4.39 Å². The minimum atomic E-state index is -1.04. The molecule has 0 amide bonds. The third kappa shape index (κ3) is 5.98. The number of benzene rings is 2. The van der Waals surface area contributed by atoms with Gasteiger partial charge in [0.15, 0.2) is 5.82 Å². The number of nitrogens with zero attached hydrogens (tertiary/aromatic N) is 5. The van der Waals surface area contributed by atoms with Crippen molar-refractivity contribution in [3.05, 3.63) is 41.5 Å². The lowest BCUT2D eigenvalue weighted by Gasteiger charge is -2.43. The van der Waals surface area contributed by atoms with Crippen molar-refractivity contribution in [2.45, 2.75) is 38.7 Å². The fourth-order valence-corrected chi connectivity index (χ4v) is 7.08. The molecule has 0 unspecified atom stereocenters. The second-order valence-corrected chi connectivity index (χ2v) is 13.3. The van der Waals surface area contributed by atoms with E-state index in [4.69, 9.17) is 20.9 Å². The maximum absolute atomic E-state index is 17.0. The van der Waals surface area contributed by atoms with E-state index in [1.807, 2.05) is 18.9 Å². The number of methoxy groups -OCH3 is 1. The minimum absolute atomic E-state index is 0.0309. The zero-order valence-corrected chi connectivity index (χ0v) is 26.9. The van der Waals surface area contributed by atoms with Gasteiger partial charge in [-0.25, -0.2) is 13.8 Å². The van der Waals surface area contributed by atoms with Gasteiger partial charge in [-0.1, -0.05) is 18.9 Å². The van der Waals surface area contributed by atoms with Crippen LogP contribution in [0.2, 0.25) is 0 Å². The predicted molar refractivity (Wildman–Crippen MR) is 174 cm³/mol. The smallest absolute Gasteiger partial charge is 0.319 e. The van der Waals surface area contributed by atoms with Crippen LogP contribution in [0.3, 0.4) is 0 Å². The highest BCUT2D eigenvalue weighted by molar-refractivity contribution is 6.04. The van der Waals surface area contributed by atoms with Crippen LogP contribution in [0, 0.1) is 35.3 Å². The molecule has 2 aliphatic heterocycles. The number of phenolic OH excluding ortho intramolecular Hbond substituents is 1. The van der Waals surface area contributed by atoms with E-state index in [2.05, 4.69) is 20.8 Å². The number of fused-ring (bicyclic) bond motifs is 2. The number of piperidine rings is 2. The van der Waals surface area contributed by atoms with Crippen LogP contribution in [0.25, 0.3) is 32.9 Å². The first-order valence-corrected chi connectivity index (χ1v) is 15.6. The number of anilines is 1. The molecule has 9 nitrogen and oxygen atoms in total. The van der Waals surface area contributed by atoms with Crippen molar-refractivity contribution in [3.8, 4) is 41.2 Å². The summed E-state index contributed by atoms with van der Waals surface area (Å²) in [5.41, 5.74) is -2.16. The highest BCUT2D eigenvalue weighted by atomic mass is 19.1. The van der Waals surface area contributed by atoms with Crippen molar-refractivity contribution in [1.29, 1.82) is 0 Å². The van der Waals surface area contributed by atoms with Crippen LogP contribution in [-0.2, 0) is 0 Å². The van der Waals surface area contributed by atoms with E-state index in [9.17, 15) is 19.0 Å². The summed E-state index contributed by atoms with van der Waals surface area (Å²) in [6.07, 6.45) is 7.56. The van der Waals surface area contributed by atoms with Crippen LogP contribution in [0.15, 0.2) is 24.3 Å². The molecule has 2 fully saturated rings. The van der Waals surface area contributed by atoms with E-state index in [0.717, 1.165) is 6.54 Å². The van der Waals surface area contributed by atoms with Gasteiger partial charge in [0.2, 0.25) is 5.88 Å². The molecule has 2 N–H and O–H groups in total. The Hall–Kier alpha value is -4.34. The number of aromatic nitrogens is 3. The van der Waals surface area contributed by atoms with Crippen LogP contribution < -0.4 is 14.4 Å². The standard InChI is InChI=1S/C35H38F3N5O4/c1-6-23-25(37)9-8-20-14-22(44)15-24(26(20)23)29-28(38)30-27(32(39-29)46-5)31(43-12-7-11-35(3,45)18-43)41-33(40-30)47-19-34(2)17-42(4)13-10-21(34)16-36/h1,8-9,14-15,21,44-45H,7,10-13,16-19H2,2-5H3/t21-,34+,35-/m1/s1. The largest absolute Gasteiger partial charge is 0.508 e. The van der Waals surface area contributed by atoms with Gasteiger partial charge in [0.05, 0.1) is 31.6 Å². The number of phenols is 1. The fourth-order valence-electron chi connectivity index (χ4n) is 7.08. The van der Waals surface area contributed by atoms with Crippen molar-refractivity contribution < 1.29 is 32.9 Å². The number of aliphatic hydroxyl groups is 1. The Morgan fingerprint density at radius 2 is 1.89 bits per heavy atom. The molecule has 47 heavy (non-hydrogen) atoms. The normalized spacial score (nSPS) is 23.6. The summed E-state index contributed by atoms with van der Waals surface area (Å²) >= 11 is 0. The molecular weight excluding hydrogens is 611 g/mol. The fraction of sp³-hybridized carbons (Fsp3) is 0.457. The summed E-state index contributed by atoms with van der Waals surface area (Å²) < 4.78 is 57.9. The van der Waals surface area contributed by atoms with Gasteiger partial charge in [-0.15, -0.1) is 6.42 Å². The molecular formula is C35H38F3N5O4. The van der Waals surface area contributed by atoms with Gasteiger partial charge >= 0.3 is 6.01 Å². The molecule has 12 heteroatoms. The Morgan fingerprint density at radius 1 is 1.11 bits per heavy atom. The average Bonchev–Trinajstić information content (AvgIpc) is 3.03. The quantitative estimate of drug-likeness (QED) is 0.252. The average molecular weight is 650 g/mol. The van der Waals surface area contributed by atoms with Crippen LogP contribution in [-0.4, -0.2) is 89.3 Å². The number of rotatable bonds is 7. The number of pyridine rings is 1. The Bertz CT molecular complexity index is 1900. The van der Waals surface area contributed by atoms with Crippen molar-refractivity contribution in [1.82, 2.24) is 19.9 Å². The second kappa shape index (κ2) is 12.4. The zero-order chi connectivity index (χ0) is 33.7.